The van der Waals surface area contributed by atoms with Crippen molar-refractivity contribution in [3.05, 3.63) is 156 Å². The highest BCUT2D eigenvalue weighted by Crippen LogP contribution is 2.42. The number of ether oxygens (including phenoxy) is 1. The highest BCUT2D eigenvalue weighted by atomic mass is 16.5. The predicted octanol–water partition coefficient (Wildman–Crippen LogP) is 14.0. The summed E-state index contributed by atoms with van der Waals surface area (Å²) in [6.07, 6.45) is 22.4. The number of carbonyl (C=O) groups is 2. The van der Waals surface area contributed by atoms with Crippen LogP contribution in [0.1, 0.15) is 131 Å². The number of benzene rings is 5. The van der Waals surface area contributed by atoms with Crippen LogP contribution < -0.4 is 20.1 Å². The van der Waals surface area contributed by atoms with Gasteiger partial charge in [0.2, 0.25) is 5.36 Å². The second-order valence-electron chi connectivity index (χ2n) is 17.3. The third-order valence-corrected chi connectivity index (χ3v) is 12.3. The zero-order valence-corrected chi connectivity index (χ0v) is 38.7. The van der Waals surface area contributed by atoms with Crippen molar-refractivity contribution in [1.29, 1.82) is 0 Å². The van der Waals surface area contributed by atoms with E-state index < -0.39 is 12.1 Å². The van der Waals surface area contributed by atoms with Crippen LogP contribution in [0.4, 0.5) is 10.5 Å². The lowest BCUT2D eigenvalue weighted by Gasteiger charge is -2.22. The first kappa shape index (κ1) is 48.3. The Morgan fingerprint density at radius 2 is 1.29 bits per heavy atom. The van der Waals surface area contributed by atoms with E-state index in [1.165, 1.54) is 89.9 Å². The van der Waals surface area contributed by atoms with Gasteiger partial charge in [0, 0.05) is 53.0 Å². The summed E-state index contributed by atoms with van der Waals surface area (Å²) in [6.45, 7) is 8.84. The quantitative estimate of drug-likeness (QED) is 0.0290. The molecule has 2 N–H and O–H groups in total. The molecule has 0 atom stereocenters. The summed E-state index contributed by atoms with van der Waals surface area (Å²) < 4.78 is 14.7. The molecule has 0 aromatic heterocycles. The lowest BCUT2D eigenvalue weighted by Crippen LogP contribution is -2.34. The van der Waals surface area contributed by atoms with Crippen molar-refractivity contribution in [2.24, 2.45) is 0 Å². The van der Waals surface area contributed by atoms with Crippen LogP contribution in [-0.4, -0.2) is 36.9 Å². The Labute approximate surface area is 387 Å². The van der Waals surface area contributed by atoms with Crippen molar-refractivity contribution in [2.45, 2.75) is 123 Å². The van der Waals surface area contributed by atoms with Crippen LogP contribution in [0.25, 0.3) is 33.4 Å². The van der Waals surface area contributed by atoms with Crippen molar-refractivity contribution in [1.82, 2.24) is 9.89 Å². The van der Waals surface area contributed by atoms with Gasteiger partial charge < -0.3 is 24.5 Å². The minimum Gasteiger partial charge on any atom is -0.478 e. The molecule has 1 amide bonds. The molecule has 0 unspecified atom stereocenters. The van der Waals surface area contributed by atoms with E-state index in [1.54, 1.807) is 18.3 Å². The number of carboxylic acids is 1. The first-order valence-corrected chi connectivity index (χ1v) is 24.2. The number of unbranched alkanes of at least 4 members (excludes halogenated alkanes) is 15. The van der Waals surface area contributed by atoms with Crippen molar-refractivity contribution < 1.29 is 23.8 Å². The monoisotopic (exact) mass is 877 g/mol. The average Bonchev–Trinajstić information content (AvgIpc) is 3.33. The van der Waals surface area contributed by atoms with Crippen LogP contribution >= 0.6 is 0 Å². The summed E-state index contributed by atoms with van der Waals surface area (Å²) in [5.74, 6) is -0.397. The third kappa shape index (κ3) is 15.0. The van der Waals surface area contributed by atoms with Gasteiger partial charge in [-0.05, 0) is 48.0 Å². The van der Waals surface area contributed by atoms with Crippen molar-refractivity contribution in [3.63, 3.8) is 0 Å². The summed E-state index contributed by atoms with van der Waals surface area (Å²) in [6, 6.07) is 39.6. The number of amides is 1. The number of nitrogens with zero attached hydrogens (tertiary/aromatic N) is 2. The Balaban J connectivity index is 1.12. The molecule has 8 heteroatoms. The normalized spacial score (nSPS) is 11.7. The number of hydrogen-bond acceptors (Lipinski definition) is 5. The van der Waals surface area contributed by atoms with Crippen LogP contribution in [0, 0.1) is 0 Å². The van der Waals surface area contributed by atoms with E-state index in [1.807, 2.05) is 84.9 Å². The first-order chi connectivity index (χ1) is 31.9. The Morgan fingerprint density at radius 1 is 0.692 bits per heavy atom. The van der Waals surface area contributed by atoms with Crippen molar-refractivity contribution in [3.8, 4) is 22.5 Å². The van der Waals surface area contributed by atoms with Gasteiger partial charge in [-0.15, -0.1) is 0 Å². The van der Waals surface area contributed by atoms with E-state index in [4.69, 9.17) is 9.15 Å². The highest BCUT2D eigenvalue weighted by molar-refractivity contribution is 6.07. The largest absolute Gasteiger partial charge is 0.478 e. The van der Waals surface area contributed by atoms with E-state index in [0.29, 0.717) is 43.1 Å². The summed E-state index contributed by atoms with van der Waals surface area (Å²) in [4.78, 5) is 27.5. The molecule has 2 aliphatic rings. The Bertz CT molecular complexity index is 2430. The second-order valence-corrected chi connectivity index (χ2v) is 17.3. The van der Waals surface area contributed by atoms with E-state index in [9.17, 15) is 14.7 Å². The number of fused-ring (bicyclic) bond motifs is 2. The van der Waals surface area contributed by atoms with E-state index in [2.05, 4.69) is 52.6 Å². The minimum absolute atomic E-state index is 0.198. The summed E-state index contributed by atoms with van der Waals surface area (Å²) in [5.41, 5.74) is 6.14. The lowest BCUT2D eigenvalue weighted by atomic mass is 9.90. The Kier molecular flexibility index (Phi) is 19.8. The standard InChI is InChI=1S/C57H69N3O5/c1-3-5-6-7-8-9-10-11-12-13-14-15-16-17-18-27-38-58-57(63)64-40-39-60(44-46-30-23-20-24-31-46)48-35-37-52-54(42-48)65-53-41-47(59(4-2)43-45-28-21-19-22-29-45)34-36-51(53)55(52)49-32-25-26-33-50(49)56(61)62/h4,19-26,28-37,41-42H,2-3,5-18,27,38-40,43-44H2,1H3,(H-,58,61,62,63)/p+1. The number of hydrogen-bond donors (Lipinski definition) is 2. The maximum atomic E-state index is 12.8. The van der Waals surface area contributed by atoms with E-state index in [0.717, 1.165) is 51.5 Å². The highest BCUT2D eigenvalue weighted by Gasteiger charge is 2.23. The van der Waals surface area contributed by atoms with E-state index >= 15 is 0 Å². The number of anilines is 1. The minimum atomic E-state index is -1.00. The van der Waals surface area contributed by atoms with Crippen LogP contribution in [0.5, 0.6) is 0 Å². The smallest absolute Gasteiger partial charge is 0.407 e. The molecule has 8 nitrogen and oxygen atoms in total. The molecule has 1 heterocycles. The molecule has 342 valence electrons. The van der Waals surface area contributed by atoms with Gasteiger partial charge in [-0.2, -0.15) is 0 Å². The molecule has 1 aliphatic heterocycles. The number of nitrogens with one attached hydrogen (secondary N) is 1. The predicted molar refractivity (Wildman–Crippen MR) is 267 cm³/mol. The van der Waals surface area contributed by atoms with Gasteiger partial charge in [0.15, 0.2) is 19.7 Å². The molecule has 4 aromatic rings. The zero-order chi connectivity index (χ0) is 45.5. The number of rotatable bonds is 28. The Morgan fingerprint density at radius 3 is 1.92 bits per heavy atom. The van der Waals surface area contributed by atoms with Crippen LogP contribution in [-0.2, 0) is 17.8 Å². The molecule has 0 bridgehead atoms. The molecule has 1 aliphatic carbocycles. The van der Waals surface area contributed by atoms with Gasteiger partial charge in [-0.1, -0.05) is 189 Å². The molecule has 65 heavy (non-hydrogen) atoms. The van der Waals surface area contributed by atoms with Crippen LogP contribution in [0.2, 0.25) is 0 Å². The van der Waals surface area contributed by atoms with Gasteiger partial charge >= 0.3 is 12.1 Å². The average molecular weight is 877 g/mol. The maximum absolute atomic E-state index is 12.8. The number of carbonyl (C=O) groups excluding carboxylic acids is 1. The molecule has 0 saturated carbocycles. The fourth-order valence-corrected chi connectivity index (χ4v) is 8.73. The van der Waals surface area contributed by atoms with Crippen LogP contribution in [0.3, 0.4) is 0 Å². The molecular weight excluding hydrogens is 807 g/mol. The second kappa shape index (κ2) is 26.6. The maximum Gasteiger partial charge on any atom is 0.407 e. The topological polar surface area (TPSA) is 95.0 Å². The molecular formula is C57H70N3O5+. The number of aromatic carboxylic acids is 1. The lowest BCUT2D eigenvalue weighted by molar-refractivity contribution is 0.0697. The van der Waals surface area contributed by atoms with Crippen molar-refractivity contribution >= 4 is 28.7 Å². The zero-order valence-electron chi connectivity index (χ0n) is 38.7. The fourth-order valence-electron chi connectivity index (χ4n) is 8.73. The van der Waals surface area contributed by atoms with E-state index in [-0.39, 0.29) is 12.2 Å². The van der Waals surface area contributed by atoms with Gasteiger partial charge in [-0.3, -0.25) is 0 Å². The number of alkyl carbamates (subject to hydrolysis) is 1. The fraction of sp³-hybridized carbons (Fsp3) is 0.386. The first-order valence-electron chi connectivity index (χ1n) is 24.2. The SMILES string of the molecule is C=CN(Cc1ccccc1)c1ccc2c(-c3ccccc3C(=O)O)c3ccc(=[N+](CCOC(=O)NCCCCCCCCCCCCCCCCCC)Cc4ccccc4)cc-3oc2c1. The third-order valence-electron chi connectivity index (χ3n) is 12.3. The molecule has 0 fully saturated rings. The molecule has 0 radical (unpaired) electrons. The summed E-state index contributed by atoms with van der Waals surface area (Å²) in [5, 5.41) is 14.9. The molecule has 0 spiro atoms. The van der Waals surface area contributed by atoms with Gasteiger partial charge in [0.1, 0.15) is 11.3 Å². The van der Waals surface area contributed by atoms with Gasteiger partial charge in [0.05, 0.1) is 11.6 Å². The summed E-state index contributed by atoms with van der Waals surface area (Å²) in [7, 11) is 0. The molecule has 4 aromatic carbocycles. The number of carboxylic acid groups (broad SMARTS) is 1. The Hall–Kier alpha value is -6.15. The summed E-state index contributed by atoms with van der Waals surface area (Å²) >= 11 is 0. The van der Waals surface area contributed by atoms with Crippen molar-refractivity contribution in [2.75, 3.05) is 24.6 Å². The van der Waals surface area contributed by atoms with Gasteiger partial charge in [0.25, 0.3) is 0 Å². The molecule has 0 saturated heterocycles. The van der Waals surface area contributed by atoms with Gasteiger partial charge in [-0.25, -0.2) is 14.2 Å². The van der Waals surface area contributed by atoms with Crippen LogP contribution in [0.15, 0.2) is 139 Å². The molecule has 6 rings (SSSR count).